The van der Waals surface area contributed by atoms with Crippen molar-refractivity contribution in [2.45, 2.75) is 24.5 Å². The summed E-state index contributed by atoms with van der Waals surface area (Å²) in [5.74, 6) is 0. The molecule has 0 unspecified atom stereocenters. The molecule has 1 saturated heterocycles. The van der Waals surface area contributed by atoms with Crippen LogP contribution in [0, 0.1) is 0 Å². The standard InChI is InChI=1S/C14H15NO5/c16-7-10-11(17)12(18)14(20-10)15-6-5-8-3-1-2-4-9(8)13(15)19/h1-6,10-12,14,16-18H,7H2/t10-,11-,12-,14-/m1/s1. The summed E-state index contributed by atoms with van der Waals surface area (Å²) in [6, 6.07) is 8.84. The van der Waals surface area contributed by atoms with Gasteiger partial charge in [0.25, 0.3) is 5.56 Å². The van der Waals surface area contributed by atoms with Crippen LogP contribution in [-0.2, 0) is 4.74 Å². The summed E-state index contributed by atoms with van der Waals surface area (Å²) in [6.45, 7) is -0.420. The molecule has 3 rings (SSSR count). The highest BCUT2D eigenvalue weighted by atomic mass is 16.6. The van der Waals surface area contributed by atoms with Crippen molar-refractivity contribution in [1.29, 1.82) is 0 Å². The van der Waals surface area contributed by atoms with Crippen molar-refractivity contribution in [3.63, 3.8) is 0 Å². The lowest BCUT2D eigenvalue weighted by Gasteiger charge is -2.18. The molecule has 6 nitrogen and oxygen atoms in total. The Morgan fingerprint density at radius 3 is 2.60 bits per heavy atom. The van der Waals surface area contributed by atoms with E-state index in [0.29, 0.717) is 5.39 Å². The Kier molecular flexibility index (Phi) is 3.31. The summed E-state index contributed by atoms with van der Waals surface area (Å²) in [7, 11) is 0. The highest BCUT2D eigenvalue weighted by molar-refractivity contribution is 5.81. The van der Waals surface area contributed by atoms with Crippen LogP contribution in [0.15, 0.2) is 41.3 Å². The van der Waals surface area contributed by atoms with E-state index in [1.165, 1.54) is 10.8 Å². The van der Waals surface area contributed by atoms with Crippen molar-refractivity contribution in [3.8, 4) is 0 Å². The third-order valence-electron chi connectivity index (χ3n) is 3.63. The summed E-state index contributed by atoms with van der Waals surface area (Å²) < 4.78 is 6.61. The van der Waals surface area contributed by atoms with Gasteiger partial charge in [-0.1, -0.05) is 18.2 Å². The molecule has 0 aliphatic carbocycles. The van der Waals surface area contributed by atoms with Gasteiger partial charge < -0.3 is 20.1 Å². The van der Waals surface area contributed by atoms with Crippen molar-refractivity contribution >= 4 is 10.8 Å². The van der Waals surface area contributed by atoms with Crippen LogP contribution in [0.3, 0.4) is 0 Å². The number of benzene rings is 1. The lowest BCUT2D eigenvalue weighted by atomic mass is 10.1. The summed E-state index contributed by atoms with van der Waals surface area (Å²) >= 11 is 0. The first-order chi connectivity index (χ1) is 9.63. The van der Waals surface area contributed by atoms with E-state index >= 15 is 0 Å². The summed E-state index contributed by atoms with van der Waals surface area (Å²) in [5, 5.41) is 30.1. The van der Waals surface area contributed by atoms with Crippen molar-refractivity contribution in [2.24, 2.45) is 0 Å². The second kappa shape index (κ2) is 4.99. The van der Waals surface area contributed by atoms with E-state index in [4.69, 9.17) is 9.84 Å². The second-order valence-electron chi connectivity index (χ2n) is 4.84. The zero-order valence-corrected chi connectivity index (χ0v) is 10.6. The number of ether oxygens (including phenoxy) is 1. The smallest absolute Gasteiger partial charge is 0.260 e. The van der Waals surface area contributed by atoms with Crippen LogP contribution >= 0.6 is 0 Å². The molecule has 1 aliphatic heterocycles. The van der Waals surface area contributed by atoms with Gasteiger partial charge in [0, 0.05) is 11.6 Å². The predicted molar refractivity (Wildman–Crippen MR) is 71.2 cm³/mol. The molecule has 0 bridgehead atoms. The Morgan fingerprint density at radius 2 is 1.90 bits per heavy atom. The first-order valence-corrected chi connectivity index (χ1v) is 6.36. The lowest BCUT2D eigenvalue weighted by molar-refractivity contribution is -0.0541. The van der Waals surface area contributed by atoms with Crippen LogP contribution in [0.2, 0.25) is 0 Å². The normalized spacial score (nSPS) is 29.9. The van der Waals surface area contributed by atoms with Crippen molar-refractivity contribution in [2.75, 3.05) is 6.61 Å². The van der Waals surface area contributed by atoms with E-state index in [2.05, 4.69) is 0 Å². The van der Waals surface area contributed by atoms with Gasteiger partial charge in [0.1, 0.15) is 18.3 Å². The number of aromatic nitrogens is 1. The van der Waals surface area contributed by atoms with E-state index in [1.807, 2.05) is 12.1 Å². The SMILES string of the molecule is O=c1c2ccccc2ccn1[C@@H]1O[C@H](CO)[C@@H](O)[C@H]1O. The van der Waals surface area contributed by atoms with Gasteiger partial charge >= 0.3 is 0 Å². The van der Waals surface area contributed by atoms with E-state index in [1.54, 1.807) is 18.2 Å². The van der Waals surface area contributed by atoms with Crippen molar-refractivity contribution < 1.29 is 20.1 Å². The maximum Gasteiger partial charge on any atom is 0.260 e. The number of rotatable bonds is 2. The third-order valence-corrected chi connectivity index (χ3v) is 3.63. The van der Waals surface area contributed by atoms with Crippen LogP contribution in [0.1, 0.15) is 6.23 Å². The Balaban J connectivity index is 2.07. The molecule has 0 radical (unpaired) electrons. The van der Waals surface area contributed by atoms with Gasteiger partial charge in [-0.25, -0.2) is 0 Å². The van der Waals surface area contributed by atoms with Gasteiger partial charge in [0.05, 0.1) is 6.61 Å². The highest BCUT2D eigenvalue weighted by Gasteiger charge is 2.43. The number of aliphatic hydroxyl groups excluding tert-OH is 3. The average Bonchev–Trinajstić information content (AvgIpc) is 2.76. The summed E-state index contributed by atoms with van der Waals surface area (Å²) in [4.78, 5) is 12.4. The maximum absolute atomic E-state index is 12.4. The molecule has 1 aliphatic rings. The molecule has 6 heteroatoms. The van der Waals surface area contributed by atoms with Crippen LogP contribution in [-0.4, -0.2) is 44.8 Å². The Labute approximate surface area is 114 Å². The van der Waals surface area contributed by atoms with Crippen LogP contribution in [0.4, 0.5) is 0 Å². The molecule has 0 amide bonds. The molecule has 1 aromatic carbocycles. The largest absolute Gasteiger partial charge is 0.394 e. The van der Waals surface area contributed by atoms with Crippen LogP contribution in [0.5, 0.6) is 0 Å². The van der Waals surface area contributed by atoms with E-state index in [-0.39, 0.29) is 5.56 Å². The molecule has 3 N–H and O–H groups in total. The molecule has 1 aromatic heterocycles. The molecule has 106 valence electrons. The molecule has 0 spiro atoms. The van der Waals surface area contributed by atoms with E-state index < -0.39 is 31.1 Å². The zero-order chi connectivity index (χ0) is 14.3. The molecule has 1 fully saturated rings. The molecular weight excluding hydrogens is 262 g/mol. The van der Waals surface area contributed by atoms with Crippen LogP contribution < -0.4 is 5.56 Å². The first kappa shape index (κ1) is 13.3. The monoisotopic (exact) mass is 277 g/mol. The zero-order valence-electron chi connectivity index (χ0n) is 10.6. The predicted octanol–water partition coefficient (Wildman–Crippen LogP) is -0.387. The fourth-order valence-electron chi connectivity index (χ4n) is 2.51. The fourth-order valence-corrected chi connectivity index (χ4v) is 2.51. The van der Waals surface area contributed by atoms with Gasteiger partial charge in [0.15, 0.2) is 6.23 Å². The first-order valence-electron chi connectivity index (χ1n) is 6.36. The maximum atomic E-state index is 12.4. The molecular formula is C14H15NO5. The molecule has 0 saturated carbocycles. The minimum absolute atomic E-state index is 0.307. The lowest BCUT2D eigenvalue weighted by Crippen LogP contribution is -2.35. The second-order valence-corrected chi connectivity index (χ2v) is 4.84. The van der Waals surface area contributed by atoms with Gasteiger partial charge in [-0.05, 0) is 17.5 Å². The number of hydrogen-bond donors (Lipinski definition) is 3. The number of aliphatic hydroxyl groups is 3. The van der Waals surface area contributed by atoms with E-state index in [9.17, 15) is 15.0 Å². The molecule has 20 heavy (non-hydrogen) atoms. The van der Waals surface area contributed by atoms with E-state index in [0.717, 1.165) is 5.39 Å². The topological polar surface area (TPSA) is 91.9 Å². The minimum Gasteiger partial charge on any atom is -0.394 e. The Morgan fingerprint density at radius 1 is 1.15 bits per heavy atom. The Hall–Kier alpha value is -1.73. The minimum atomic E-state index is -1.26. The molecule has 2 aromatic rings. The number of fused-ring (bicyclic) bond motifs is 1. The molecule has 2 heterocycles. The number of nitrogens with zero attached hydrogens (tertiary/aromatic N) is 1. The van der Waals surface area contributed by atoms with Gasteiger partial charge in [-0.15, -0.1) is 0 Å². The number of hydrogen-bond acceptors (Lipinski definition) is 5. The Bertz CT molecular complexity index is 683. The molecule has 4 atom stereocenters. The number of pyridine rings is 1. The third kappa shape index (κ3) is 1.94. The van der Waals surface area contributed by atoms with Gasteiger partial charge in [0.2, 0.25) is 0 Å². The van der Waals surface area contributed by atoms with Crippen molar-refractivity contribution in [1.82, 2.24) is 4.57 Å². The quantitative estimate of drug-likeness (QED) is 0.695. The van der Waals surface area contributed by atoms with Gasteiger partial charge in [-0.2, -0.15) is 0 Å². The highest BCUT2D eigenvalue weighted by Crippen LogP contribution is 2.28. The fraction of sp³-hybridized carbons (Fsp3) is 0.357. The van der Waals surface area contributed by atoms with Crippen molar-refractivity contribution in [3.05, 3.63) is 46.9 Å². The summed E-state index contributed by atoms with van der Waals surface area (Å²) in [5.41, 5.74) is -0.307. The van der Waals surface area contributed by atoms with Gasteiger partial charge in [-0.3, -0.25) is 9.36 Å². The summed E-state index contributed by atoms with van der Waals surface area (Å²) in [6.07, 6.45) is -2.85. The van der Waals surface area contributed by atoms with Crippen LogP contribution in [0.25, 0.3) is 10.8 Å². The average molecular weight is 277 g/mol.